The second kappa shape index (κ2) is 5.64. The van der Waals surface area contributed by atoms with Crippen LogP contribution in [-0.4, -0.2) is 25.0 Å². The topological polar surface area (TPSA) is 32.3 Å². The molecule has 0 spiro atoms. The van der Waals surface area contributed by atoms with Gasteiger partial charge in [0.15, 0.2) is 0 Å². The molecular formula is C16H24N2O. The van der Waals surface area contributed by atoms with Crippen molar-refractivity contribution in [1.82, 2.24) is 5.32 Å². The molecule has 1 saturated heterocycles. The second-order valence-corrected chi connectivity index (χ2v) is 6.29. The Balaban J connectivity index is 1.95. The van der Waals surface area contributed by atoms with Gasteiger partial charge in [0.25, 0.3) is 0 Å². The van der Waals surface area contributed by atoms with Crippen molar-refractivity contribution < 1.29 is 4.79 Å². The van der Waals surface area contributed by atoms with E-state index in [-0.39, 0.29) is 11.3 Å². The van der Waals surface area contributed by atoms with Crippen LogP contribution in [0.4, 0.5) is 5.69 Å². The van der Waals surface area contributed by atoms with E-state index < -0.39 is 0 Å². The summed E-state index contributed by atoms with van der Waals surface area (Å²) in [5.74, 6) is 0.132. The Labute approximate surface area is 116 Å². The first-order chi connectivity index (χ1) is 8.98. The molecule has 0 saturated carbocycles. The van der Waals surface area contributed by atoms with Gasteiger partial charge in [0, 0.05) is 30.2 Å². The number of nitrogens with one attached hydrogen (secondary N) is 1. The number of hydrogen-bond donors (Lipinski definition) is 1. The molecule has 1 heterocycles. The molecule has 1 amide bonds. The minimum atomic E-state index is -0.309. The molecule has 3 heteroatoms. The van der Waals surface area contributed by atoms with Crippen molar-refractivity contribution in [3.8, 4) is 0 Å². The van der Waals surface area contributed by atoms with E-state index in [1.165, 1.54) is 12.1 Å². The Hall–Kier alpha value is -1.51. The summed E-state index contributed by atoms with van der Waals surface area (Å²) >= 11 is 0. The van der Waals surface area contributed by atoms with Crippen LogP contribution in [0.5, 0.6) is 0 Å². The van der Waals surface area contributed by atoms with Crippen molar-refractivity contribution in [1.29, 1.82) is 0 Å². The fourth-order valence-electron chi connectivity index (χ4n) is 2.48. The first-order valence-corrected chi connectivity index (χ1v) is 7.08. The third-order valence-corrected chi connectivity index (χ3v) is 3.64. The predicted molar refractivity (Wildman–Crippen MR) is 79.3 cm³/mol. The van der Waals surface area contributed by atoms with Gasteiger partial charge in [-0.15, -0.1) is 0 Å². The molecule has 3 nitrogen and oxygen atoms in total. The van der Waals surface area contributed by atoms with E-state index >= 15 is 0 Å². The van der Waals surface area contributed by atoms with Crippen LogP contribution in [0.2, 0.25) is 0 Å². The smallest absolute Gasteiger partial charge is 0.225 e. The van der Waals surface area contributed by atoms with Crippen molar-refractivity contribution in [2.24, 2.45) is 5.41 Å². The van der Waals surface area contributed by atoms with Crippen LogP contribution in [0.3, 0.4) is 0 Å². The molecule has 1 atom stereocenters. The molecule has 0 radical (unpaired) electrons. The highest BCUT2D eigenvalue weighted by Crippen LogP contribution is 2.25. The van der Waals surface area contributed by atoms with Gasteiger partial charge < -0.3 is 10.2 Å². The number of rotatable bonds is 3. The maximum atomic E-state index is 11.9. The molecule has 19 heavy (non-hydrogen) atoms. The average molecular weight is 260 g/mol. The summed E-state index contributed by atoms with van der Waals surface area (Å²) in [6.45, 7) is 7.68. The molecular weight excluding hydrogens is 236 g/mol. The van der Waals surface area contributed by atoms with Crippen LogP contribution in [0.15, 0.2) is 30.3 Å². The lowest BCUT2D eigenvalue weighted by Crippen LogP contribution is -2.43. The number of hydrogen-bond acceptors (Lipinski definition) is 2. The first kappa shape index (κ1) is 13.9. The summed E-state index contributed by atoms with van der Waals surface area (Å²) in [5.41, 5.74) is 0.950. The van der Waals surface area contributed by atoms with Crippen molar-refractivity contribution in [3.05, 3.63) is 30.3 Å². The maximum Gasteiger partial charge on any atom is 0.225 e. The van der Waals surface area contributed by atoms with Crippen molar-refractivity contribution in [2.45, 2.75) is 39.7 Å². The Morgan fingerprint density at radius 1 is 1.32 bits per heavy atom. The van der Waals surface area contributed by atoms with Gasteiger partial charge in [0.1, 0.15) is 0 Å². The van der Waals surface area contributed by atoms with E-state index in [2.05, 4.69) is 34.5 Å². The minimum Gasteiger partial charge on any atom is -0.367 e. The summed E-state index contributed by atoms with van der Waals surface area (Å²) in [6, 6.07) is 10.9. The molecule has 1 aliphatic rings. The van der Waals surface area contributed by atoms with Crippen LogP contribution >= 0.6 is 0 Å². The SMILES string of the molecule is CC(C)(C)C(=O)NC[C@H]1CCCN1c1ccccc1. The normalized spacial score (nSPS) is 19.5. The quantitative estimate of drug-likeness (QED) is 0.906. The third-order valence-electron chi connectivity index (χ3n) is 3.64. The van der Waals surface area contributed by atoms with Crippen LogP contribution in [-0.2, 0) is 4.79 Å². The number of para-hydroxylation sites is 1. The summed E-state index contributed by atoms with van der Waals surface area (Å²) in [5, 5.41) is 3.08. The Morgan fingerprint density at radius 3 is 2.63 bits per heavy atom. The standard InChI is InChI=1S/C16H24N2O/c1-16(2,3)15(19)17-12-14-10-7-11-18(14)13-8-5-4-6-9-13/h4-6,8-9,14H,7,10-12H2,1-3H3,(H,17,19)/t14-/m1/s1. The molecule has 2 rings (SSSR count). The van der Waals surface area contributed by atoms with Gasteiger partial charge in [0.2, 0.25) is 5.91 Å². The lowest BCUT2D eigenvalue weighted by molar-refractivity contribution is -0.128. The Bertz CT molecular complexity index is 422. The lowest BCUT2D eigenvalue weighted by Gasteiger charge is -2.28. The van der Waals surface area contributed by atoms with Crippen LogP contribution < -0.4 is 10.2 Å². The van der Waals surface area contributed by atoms with Crippen molar-refractivity contribution in [3.63, 3.8) is 0 Å². The van der Waals surface area contributed by atoms with E-state index in [0.717, 1.165) is 19.5 Å². The highest BCUT2D eigenvalue weighted by atomic mass is 16.2. The summed E-state index contributed by atoms with van der Waals surface area (Å²) < 4.78 is 0. The first-order valence-electron chi connectivity index (χ1n) is 7.08. The Morgan fingerprint density at radius 2 is 2.00 bits per heavy atom. The zero-order valence-electron chi connectivity index (χ0n) is 12.1. The zero-order chi connectivity index (χ0) is 13.9. The molecule has 0 aromatic heterocycles. The predicted octanol–water partition coefficient (Wildman–Crippen LogP) is 2.82. The van der Waals surface area contributed by atoms with Gasteiger partial charge in [-0.1, -0.05) is 39.0 Å². The summed E-state index contributed by atoms with van der Waals surface area (Å²) in [4.78, 5) is 14.3. The molecule has 1 N–H and O–H groups in total. The molecule has 0 aliphatic carbocycles. The van der Waals surface area contributed by atoms with Gasteiger partial charge in [0.05, 0.1) is 0 Å². The minimum absolute atomic E-state index is 0.132. The monoisotopic (exact) mass is 260 g/mol. The van der Waals surface area contributed by atoms with E-state index in [9.17, 15) is 4.79 Å². The number of benzene rings is 1. The number of carbonyl (C=O) groups excluding carboxylic acids is 1. The second-order valence-electron chi connectivity index (χ2n) is 6.29. The molecule has 1 aromatic carbocycles. The molecule has 0 bridgehead atoms. The lowest BCUT2D eigenvalue weighted by atomic mass is 9.95. The van der Waals surface area contributed by atoms with Gasteiger partial charge in [-0.25, -0.2) is 0 Å². The van der Waals surface area contributed by atoms with E-state index in [0.29, 0.717) is 6.04 Å². The molecule has 0 unspecified atom stereocenters. The van der Waals surface area contributed by atoms with Gasteiger partial charge in [-0.05, 0) is 25.0 Å². The highest BCUT2D eigenvalue weighted by molar-refractivity contribution is 5.81. The number of amides is 1. The van der Waals surface area contributed by atoms with Gasteiger partial charge >= 0.3 is 0 Å². The molecule has 1 fully saturated rings. The molecule has 1 aliphatic heterocycles. The fourth-order valence-corrected chi connectivity index (χ4v) is 2.48. The van der Waals surface area contributed by atoms with E-state index in [4.69, 9.17) is 0 Å². The average Bonchev–Trinajstić information content (AvgIpc) is 2.84. The van der Waals surface area contributed by atoms with E-state index in [1.807, 2.05) is 26.8 Å². The van der Waals surface area contributed by atoms with Gasteiger partial charge in [-0.2, -0.15) is 0 Å². The number of anilines is 1. The molecule has 104 valence electrons. The van der Waals surface area contributed by atoms with Crippen molar-refractivity contribution >= 4 is 11.6 Å². The zero-order valence-corrected chi connectivity index (χ0v) is 12.1. The van der Waals surface area contributed by atoms with Crippen LogP contribution in [0, 0.1) is 5.41 Å². The fraction of sp³-hybridized carbons (Fsp3) is 0.562. The number of carbonyl (C=O) groups is 1. The maximum absolute atomic E-state index is 11.9. The largest absolute Gasteiger partial charge is 0.367 e. The summed E-state index contributed by atoms with van der Waals surface area (Å²) in [7, 11) is 0. The summed E-state index contributed by atoms with van der Waals surface area (Å²) in [6.07, 6.45) is 2.35. The van der Waals surface area contributed by atoms with Crippen LogP contribution in [0.25, 0.3) is 0 Å². The third kappa shape index (κ3) is 3.49. The molecule has 1 aromatic rings. The Kier molecular flexibility index (Phi) is 4.13. The highest BCUT2D eigenvalue weighted by Gasteiger charge is 2.27. The number of nitrogens with zero attached hydrogens (tertiary/aromatic N) is 1. The van der Waals surface area contributed by atoms with Crippen LogP contribution in [0.1, 0.15) is 33.6 Å². The van der Waals surface area contributed by atoms with E-state index in [1.54, 1.807) is 0 Å². The van der Waals surface area contributed by atoms with Gasteiger partial charge in [-0.3, -0.25) is 4.79 Å². The van der Waals surface area contributed by atoms with Crippen molar-refractivity contribution in [2.75, 3.05) is 18.0 Å².